The van der Waals surface area contributed by atoms with Gasteiger partial charge in [-0.25, -0.2) is 4.98 Å². The predicted octanol–water partition coefficient (Wildman–Crippen LogP) is 1.95. The summed E-state index contributed by atoms with van der Waals surface area (Å²) in [6.45, 7) is 13.0. The molecule has 5 heterocycles. The van der Waals surface area contributed by atoms with E-state index in [0.29, 0.717) is 38.1 Å². The normalized spacial score (nSPS) is 24.7. The van der Waals surface area contributed by atoms with E-state index < -0.39 is 0 Å². The van der Waals surface area contributed by atoms with Crippen molar-refractivity contribution in [1.82, 2.24) is 24.7 Å². The molecule has 0 saturated carbocycles. The lowest BCUT2D eigenvalue weighted by Gasteiger charge is -2.48. The Morgan fingerprint density at radius 1 is 1.00 bits per heavy atom. The molecule has 0 bridgehead atoms. The van der Waals surface area contributed by atoms with Crippen molar-refractivity contribution < 1.29 is 4.79 Å². The number of nitriles is 1. The first-order chi connectivity index (χ1) is 21.0. The predicted molar refractivity (Wildman–Crippen MR) is 169 cm³/mol. The highest BCUT2D eigenvalue weighted by atomic mass is 16.2. The third-order valence-corrected chi connectivity index (χ3v) is 10.3. The number of hydrogen-bond acceptors (Lipinski definition) is 9. The molecule has 0 radical (unpaired) electrons. The van der Waals surface area contributed by atoms with Gasteiger partial charge in [-0.15, -0.1) is 0 Å². The molecule has 43 heavy (non-hydrogen) atoms. The number of nitrogens with zero attached hydrogens (tertiary/aromatic N) is 9. The molecule has 226 valence electrons. The van der Waals surface area contributed by atoms with Gasteiger partial charge in [0.1, 0.15) is 5.82 Å². The van der Waals surface area contributed by atoms with Crippen LogP contribution >= 0.6 is 0 Å². The Hall–Kier alpha value is -3.68. The Balaban J connectivity index is 1.16. The number of fused-ring (bicyclic) bond motifs is 2. The number of hydrogen-bond donors (Lipinski definition) is 0. The molecule has 5 aliphatic rings. The second kappa shape index (κ2) is 11.8. The summed E-state index contributed by atoms with van der Waals surface area (Å²) >= 11 is 0. The first kappa shape index (κ1) is 28.1. The summed E-state index contributed by atoms with van der Waals surface area (Å²) in [5.74, 6) is 1.74. The molecule has 7 rings (SSSR count). The van der Waals surface area contributed by atoms with Crippen LogP contribution in [0.1, 0.15) is 29.7 Å². The number of rotatable bonds is 6. The fraction of sp³-hybridized carbons (Fsp3) is 0.576. The van der Waals surface area contributed by atoms with Gasteiger partial charge in [0.15, 0.2) is 0 Å². The van der Waals surface area contributed by atoms with Gasteiger partial charge in [-0.1, -0.05) is 24.8 Å². The number of benzene rings is 1. The molecule has 3 saturated heterocycles. The summed E-state index contributed by atoms with van der Waals surface area (Å²) in [5, 5.41) is 9.57. The smallest absolute Gasteiger partial charge is 0.246 e. The second-order valence-corrected chi connectivity index (χ2v) is 12.8. The first-order valence-electron chi connectivity index (χ1n) is 16.0. The van der Waals surface area contributed by atoms with E-state index in [1.807, 2.05) is 0 Å². The van der Waals surface area contributed by atoms with Crippen LogP contribution in [0.2, 0.25) is 0 Å². The molecule has 10 heteroatoms. The molecule has 0 spiro atoms. The molecule has 1 aliphatic carbocycles. The van der Waals surface area contributed by atoms with E-state index in [-0.39, 0.29) is 11.9 Å². The van der Waals surface area contributed by atoms with Gasteiger partial charge in [-0.3, -0.25) is 9.69 Å². The van der Waals surface area contributed by atoms with Crippen LogP contribution in [0.25, 0.3) is 0 Å². The van der Waals surface area contributed by atoms with Crippen LogP contribution in [0.4, 0.5) is 17.5 Å². The lowest BCUT2D eigenvalue weighted by Crippen LogP contribution is -2.63. The van der Waals surface area contributed by atoms with Crippen LogP contribution in [-0.4, -0.2) is 121 Å². The number of piperazine rings is 2. The topological polar surface area (TPSA) is 86.1 Å². The van der Waals surface area contributed by atoms with Gasteiger partial charge < -0.3 is 24.5 Å². The van der Waals surface area contributed by atoms with Crippen molar-refractivity contribution in [2.45, 2.75) is 50.2 Å². The SMILES string of the molecule is C=CC(=O)N1CCN(c2nc(N3CC(N4CCN(C)CC4)C3)nc3c2CCC(N2CCc4ccccc42)C3)CC1CC#N. The van der Waals surface area contributed by atoms with Crippen LogP contribution in [0.3, 0.4) is 0 Å². The fourth-order valence-electron chi connectivity index (χ4n) is 7.75. The number of likely N-dealkylation sites (N-methyl/N-ethyl adjacent to an activating group) is 1. The Labute approximate surface area is 255 Å². The average Bonchev–Trinajstić information content (AvgIpc) is 3.45. The van der Waals surface area contributed by atoms with E-state index in [0.717, 1.165) is 83.3 Å². The highest BCUT2D eigenvalue weighted by Crippen LogP contribution is 2.38. The fourth-order valence-corrected chi connectivity index (χ4v) is 7.75. The van der Waals surface area contributed by atoms with Gasteiger partial charge in [0.05, 0.1) is 24.2 Å². The van der Waals surface area contributed by atoms with E-state index >= 15 is 0 Å². The van der Waals surface area contributed by atoms with E-state index in [1.165, 1.54) is 28.6 Å². The zero-order valence-corrected chi connectivity index (χ0v) is 25.4. The largest absolute Gasteiger partial charge is 0.368 e. The Morgan fingerprint density at radius 2 is 1.81 bits per heavy atom. The van der Waals surface area contributed by atoms with Crippen molar-refractivity contribution in [3.05, 3.63) is 53.7 Å². The van der Waals surface area contributed by atoms with E-state index in [1.54, 1.807) is 4.90 Å². The van der Waals surface area contributed by atoms with Gasteiger partial charge in [-0.05, 0) is 44.0 Å². The Morgan fingerprint density at radius 3 is 2.60 bits per heavy atom. The van der Waals surface area contributed by atoms with Crippen LogP contribution in [-0.2, 0) is 24.1 Å². The summed E-state index contributed by atoms with van der Waals surface area (Å²) in [6, 6.07) is 11.9. The minimum atomic E-state index is -0.179. The second-order valence-electron chi connectivity index (χ2n) is 12.8. The molecule has 1 aromatic carbocycles. The standard InChI is InChI=1S/C33H43N9O/c1-3-31(43)42-19-18-39(21-26(42)10-12-34)32-28-9-8-25(41-13-11-24-6-4-5-7-30(24)41)20-29(28)35-33(36-32)40-22-27(23-40)38-16-14-37(2)15-17-38/h3-7,25-27H,1,8-11,13-23H2,2H3. The minimum Gasteiger partial charge on any atom is -0.368 e. The minimum absolute atomic E-state index is 0.102. The molecule has 2 atom stereocenters. The van der Waals surface area contributed by atoms with Gasteiger partial charge in [0.2, 0.25) is 11.9 Å². The molecule has 2 unspecified atom stereocenters. The highest BCUT2D eigenvalue weighted by molar-refractivity contribution is 5.87. The van der Waals surface area contributed by atoms with Crippen LogP contribution in [0, 0.1) is 11.3 Å². The summed E-state index contributed by atoms with van der Waals surface area (Å²) in [4.78, 5) is 37.2. The van der Waals surface area contributed by atoms with Crippen LogP contribution in [0.5, 0.6) is 0 Å². The zero-order chi connectivity index (χ0) is 29.5. The van der Waals surface area contributed by atoms with Crippen molar-refractivity contribution in [1.29, 1.82) is 5.26 Å². The molecule has 1 aromatic heterocycles. The Bertz CT molecular complexity index is 1410. The maximum atomic E-state index is 12.6. The molecule has 4 aliphatic heterocycles. The summed E-state index contributed by atoms with van der Waals surface area (Å²) in [7, 11) is 2.20. The molecular weight excluding hydrogens is 538 g/mol. The summed E-state index contributed by atoms with van der Waals surface area (Å²) < 4.78 is 0. The van der Waals surface area contributed by atoms with Gasteiger partial charge in [-0.2, -0.15) is 10.2 Å². The van der Waals surface area contributed by atoms with E-state index in [2.05, 4.69) is 68.5 Å². The van der Waals surface area contributed by atoms with Crippen LogP contribution < -0.4 is 14.7 Å². The third kappa shape index (κ3) is 5.34. The number of carbonyl (C=O) groups is 1. The number of para-hydroxylation sites is 1. The molecule has 3 fully saturated rings. The highest BCUT2D eigenvalue weighted by Gasteiger charge is 2.38. The van der Waals surface area contributed by atoms with Crippen molar-refractivity contribution in [3.63, 3.8) is 0 Å². The zero-order valence-electron chi connectivity index (χ0n) is 25.4. The quantitative estimate of drug-likeness (QED) is 0.475. The molecule has 2 aromatic rings. The maximum absolute atomic E-state index is 12.6. The van der Waals surface area contributed by atoms with Crippen LogP contribution in [0.15, 0.2) is 36.9 Å². The van der Waals surface area contributed by atoms with Crippen molar-refractivity contribution >= 4 is 23.4 Å². The number of carbonyl (C=O) groups excluding carboxylic acids is 1. The lowest BCUT2D eigenvalue weighted by atomic mass is 9.90. The van der Waals surface area contributed by atoms with Gasteiger partial charge in [0.25, 0.3) is 0 Å². The molecule has 1 amide bonds. The van der Waals surface area contributed by atoms with Crippen molar-refractivity contribution in [2.24, 2.45) is 0 Å². The molecule has 0 N–H and O–H groups in total. The third-order valence-electron chi connectivity index (χ3n) is 10.3. The Kier molecular flexibility index (Phi) is 7.70. The number of amides is 1. The van der Waals surface area contributed by atoms with Crippen molar-refractivity contribution in [3.8, 4) is 6.07 Å². The van der Waals surface area contributed by atoms with Crippen molar-refractivity contribution in [2.75, 3.05) is 87.2 Å². The molecular formula is C33H43N9O. The van der Waals surface area contributed by atoms with E-state index in [9.17, 15) is 10.1 Å². The van der Waals surface area contributed by atoms with Gasteiger partial charge in [0, 0.05) is 95.2 Å². The lowest BCUT2D eigenvalue weighted by molar-refractivity contribution is -0.128. The number of aromatic nitrogens is 2. The average molecular weight is 582 g/mol. The number of anilines is 3. The summed E-state index contributed by atoms with van der Waals surface area (Å²) in [6.07, 6.45) is 5.69. The first-order valence-corrected chi connectivity index (χ1v) is 16.0. The maximum Gasteiger partial charge on any atom is 0.246 e. The monoisotopic (exact) mass is 581 g/mol. The van der Waals surface area contributed by atoms with E-state index in [4.69, 9.17) is 9.97 Å². The summed E-state index contributed by atoms with van der Waals surface area (Å²) in [5.41, 5.74) is 5.25. The van der Waals surface area contributed by atoms with Gasteiger partial charge >= 0.3 is 0 Å². The molecule has 10 nitrogen and oxygen atoms in total.